The van der Waals surface area contributed by atoms with Crippen LogP contribution in [0.15, 0.2) is 0 Å². The van der Waals surface area contributed by atoms with E-state index in [-0.39, 0.29) is 0 Å². The van der Waals surface area contributed by atoms with Crippen molar-refractivity contribution in [3.63, 3.8) is 0 Å². The first-order valence-corrected chi connectivity index (χ1v) is 3.65. The molecule has 54 valence electrons. The third kappa shape index (κ3) is 2.33. The van der Waals surface area contributed by atoms with Crippen LogP contribution < -0.4 is 5.32 Å². The van der Waals surface area contributed by atoms with Crippen LogP contribution >= 0.6 is 0 Å². The van der Waals surface area contributed by atoms with Crippen LogP contribution in [0.5, 0.6) is 0 Å². The second-order valence-electron chi connectivity index (χ2n) is 2.75. The summed E-state index contributed by atoms with van der Waals surface area (Å²) in [6.45, 7) is 6.34. The zero-order valence-electron chi connectivity index (χ0n) is 6.18. The molecule has 2 nitrogen and oxygen atoms in total. The lowest BCUT2D eigenvalue weighted by Crippen LogP contribution is -2.23. The third-order valence-electron chi connectivity index (χ3n) is 1.62. The lowest BCUT2D eigenvalue weighted by molar-refractivity contribution is 0.0202. The Bertz CT molecular complexity index is 75.0. The topological polar surface area (TPSA) is 21.3 Å². The Balaban J connectivity index is 2.29. The minimum Gasteiger partial charge on any atom is -0.374 e. The lowest BCUT2D eigenvalue weighted by Gasteiger charge is -2.12. The summed E-state index contributed by atoms with van der Waals surface area (Å²) >= 11 is 0. The van der Waals surface area contributed by atoms with Crippen LogP contribution in [-0.2, 0) is 4.74 Å². The van der Waals surface area contributed by atoms with E-state index in [2.05, 4.69) is 19.2 Å². The Morgan fingerprint density at radius 3 is 2.89 bits per heavy atom. The molecular formula is C7H15NO. The van der Waals surface area contributed by atoms with E-state index in [4.69, 9.17) is 4.74 Å². The van der Waals surface area contributed by atoms with Gasteiger partial charge in [0.25, 0.3) is 0 Å². The fraction of sp³-hybridized carbons (Fsp3) is 1.00. The quantitative estimate of drug-likeness (QED) is 0.521. The molecule has 1 fully saturated rings. The standard InChI is InChI=1S/C7H15NO/c1-6-3-4-8-5-7(2)9-6/h6-8H,3-5H2,1-2H3/t6?,7-/m1/s1. The van der Waals surface area contributed by atoms with Crippen molar-refractivity contribution < 1.29 is 4.74 Å². The predicted molar refractivity (Wildman–Crippen MR) is 37.5 cm³/mol. The van der Waals surface area contributed by atoms with E-state index < -0.39 is 0 Å². The maximum absolute atomic E-state index is 5.55. The fourth-order valence-electron chi connectivity index (χ4n) is 1.12. The summed E-state index contributed by atoms with van der Waals surface area (Å²) in [6.07, 6.45) is 1.97. The molecule has 0 aromatic carbocycles. The van der Waals surface area contributed by atoms with E-state index in [0.717, 1.165) is 19.5 Å². The summed E-state index contributed by atoms with van der Waals surface area (Å²) in [5.41, 5.74) is 0. The molecule has 9 heavy (non-hydrogen) atoms. The van der Waals surface area contributed by atoms with E-state index in [1.54, 1.807) is 0 Å². The molecule has 1 aliphatic heterocycles. The second kappa shape index (κ2) is 3.18. The zero-order valence-corrected chi connectivity index (χ0v) is 6.18. The molecule has 1 unspecified atom stereocenters. The number of rotatable bonds is 0. The molecule has 1 aliphatic rings. The molecule has 1 saturated heterocycles. The van der Waals surface area contributed by atoms with Crippen LogP contribution in [0.2, 0.25) is 0 Å². The molecule has 0 aliphatic carbocycles. The van der Waals surface area contributed by atoms with Crippen molar-refractivity contribution in [2.75, 3.05) is 13.1 Å². The molecule has 1 rings (SSSR count). The predicted octanol–water partition coefficient (Wildman–Crippen LogP) is 0.773. The van der Waals surface area contributed by atoms with Crippen molar-refractivity contribution in [3.05, 3.63) is 0 Å². The van der Waals surface area contributed by atoms with Gasteiger partial charge in [0, 0.05) is 6.54 Å². The molecule has 1 heterocycles. The molecule has 0 aromatic rings. The molecule has 2 heteroatoms. The van der Waals surface area contributed by atoms with Gasteiger partial charge in [0.15, 0.2) is 0 Å². The number of nitrogens with one attached hydrogen (secondary N) is 1. The smallest absolute Gasteiger partial charge is 0.0674 e. The van der Waals surface area contributed by atoms with E-state index >= 15 is 0 Å². The average molecular weight is 129 g/mol. The fourth-order valence-corrected chi connectivity index (χ4v) is 1.12. The van der Waals surface area contributed by atoms with Crippen molar-refractivity contribution in [2.45, 2.75) is 32.5 Å². The Morgan fingerprint density at radius 2 is 2.11 bits per heavy atom. The first-order chi connectivity index (χ1) is 4.29. The average Bonchev–Trinajstić information content (AvgIpc) is 1.93. The lowest BCUT2D eigenvalue weighted by atomic mass is 10.3. The highest BCUT2D eigenvalue weighted by molar-refractivity contribution is 4.64. The number of hydrogen-bond donors (Lipinski definition) is 1. The molecule has 2 atom stereocenters. The maximum atomic E-state index is 5.55. The first-order valence-electron chi connectivity index (χ1n) is 3.65. The molecule has 0 bridgehead atoms. The molecule has 0 radical (unpaired) electrons. The summed E-state index contributed by atoms with van der Waals surface area (Å²) < 4.78 is 5.55. The van der Waals surface area contributed by atoms with Gasteiger partial charge in [-0.3, -0.25) is 0 Å². The largest absolute Gasteiger partial charge is 0.374 e. The van der Waals surface area contributed by atoms with Gasteiger partial charge in [-0.25, -0.2) is 0 Å². The van der Waals surface area contributed by atoms with Crippen LogP contribution in [0.4, 0.5) is 0 Å². The zero-order chi connectivity index (χ0) is 6.69. The molecule has 0 spiro atoms. The van der Waals surface area contributed by atoms with Gasteiger partial charge < -0.3 is 10.1 Å². The Labute approximate surface area is 56.6 Å². The highest BCUT2D eigenvalue weighted by atomic mass is 16.5. The van der Waals surface area contributed by atoms with E-state index in [1.807, 2.05) is 0 Å². The Morgan fingerprint density at radius 1 is 1.33 bits per heavy atom. The highest BCUT2D eigenvalue weighted by Gasteiger charge is 2.11. The monoisotopic (exact) mass is 129 g/mol. The summed E-state index contributed by atoms with van der Waals surface area (Å²) in [5, 5.41) is 3.30. The van der Waals surface area contributed by atoms with Crippen molar-refractivity contribution in [1.82, 2.24) is 5.32 Å². The van der Waals surface area contributed by atoms with Gasteiger partial charge in [0.1, 0.15) is 0 Å². The van der Waals surface area contributed by atoms with Crippen LogP contribution in [0.25, 0.3) is 0 Å². The van der Waals surface area contributed by atoms with Gasteiger partial charge in [-0.15, -0.1) is 0 Å². The molecular weight excluding hydrogens is 114 g/mol. The van der Waals surface area contributed by atoms with Crippen molar-refractivity contribution >= 4 is 0 Å². The van der Waals surface area contributed by atoms with Crippen LogP contribution in [0, 0.1) is 0 Å². The van der Waals surface area contributed by atoms with Gasteiger partial charge in [0.2, 0.25) is 0 Å². The van der Waals surface area contributed by atoms with E-state index in [0.29, 0.717) is 12.2 Å². The van der Waals surface area contributed by atoms with E-state index in [9.17, 15) is 0 Å². The first kappa shape index (κ1) is 7.03. The molecule has 1 N–H and O–H groups in total. The number of hydrogen-bond acceptors (Lipinski definition) is 2. The summed E-state index contributed by atoms with van der Waals surface area (Å²) in [5.74, 6) is 0. The van der Waals surface area contributed by atoms with Crippen molar-refractivity contribution in [1.29, 1.82) is 0 Å². The molecule has 0 amide bonds. The summed E-state index contributed by atoms with van der Waals surface area (Å²) in [4.78, 5) is 0. The molecule has 0 saturated carbocycles. The SMILES string of the molecule is CC1CCNC[C@@H](C)O1. The van der Waals surface area contributed by atoms with Gasteiger partial charge in [-0.2, -0.15) is 0 Å². The molecule has 0 aromatic heterocycles. The van der Waals surface area contributed by atoms with Crippen molar-refractivity contribution in [3.8, 4) is 0 Å². The normalized spacial score (nSPS) is 38.0. The van der Waals surface area contributed by atoms with Crippen molar-refractivity contribution in [2.24, 2.45) is 0 Å². The van der Waals surface area contributed by atoms with Gasteiger partial charge in [-0.05, 0) is 26.8 Å². The van der Waals surface area contributed by atoms with Gasteiger partial charge >= 0.3 is 0 Å². The van der Waals surface area contributed by atoms with Crippen LogP contribution in [0.3, 0.4) is 0 Å². The van der Waals surface area contributed by atoms with Gasteiger partial charge in [0.05, 0.1) is 12.2 Å². The Hall–Kier alpha value is -0.0800. The highest BCUT2D eigenvalue weighted by Crippen LogP contribution is 2.03. The Kier molecular flexibility index (Phi) is 2.49. The summed E-state index contributed by atoms with van der Waals surface area (Å²) in [6, 6.07) is 0. The van der Waals surface area contributed by atoms with Crippen LogP contribution in [0.1, 0.15) is 20.3 Å². The minimum absolute atomic E-state index is 0.391. The third-order valence-corrected chi connectivity index (χ3v) is 1.62. The van der Waals surface area contributed by atoms with Crippen LogP contribution in [-0.4, -0.2) is 25.3 Å². The second-order valence-corrected chi connectivity index (χ2v) is 2.75. The minimum atomic E-state index is 0.391. The summed E-state index contributed by atoms with van der Waals surface area (Å²) in [7, 11) is 0. The maximum Gasteiger partial charge on any atom is 0.0674 e. The number of ether oxygens (including phenoxy) is 1. The van der Waals surface area contributed by atoms with Gasteiger partial charge in [-0.1, -0.05) is 0 Å². The van der Waals surface area contributed by atoms with E-state index in [1.165, 1.54) is 0 Å².